The lowest BCUT2D eigenvalue weighted by Crippen LogP contribution is -2.00. The van der Waals surface area contributed by atoms with E-state index in [4.69, 9.17) is 24.1 Å². The van der Waals surface area contributed by atoms with E-state index >= 15 is 0 Å². The molecule has 53 heavy (non-hydrogen) atoms. The molecule has 0 N–H and O–H groups in total. The second kappa shape index (κ2) is 11.9. The molecule has 0 spiro atoms. The summed E-state index contributed by atoms with van der Waals surface area (Å²) in [5.41, 5.74) is 6.34. The van der Waals surface area contributed by atoms with Crippen LogP contribution in [0.2, 0.25) is 0 Å². The number of ether oxygens (including phenoxy) is 1. The van der Waals surface area contributed by atoms with Crippen LogP contribution in [0.3, 0.4) is 0 Å². The minimum absolute atomic E-state index is 0.582. The molecule has 0 unspecified atom stereocenters. The Morgan fingerprint density at radius 1 is 0.396 bits per heavy atom. The normalized spacial score (nSPS) is 12.2. The van der Waals surface area contributed by atoms with Gasteiger partial charge in [0.1, 0.15) is 22.7 Å². The van der Waals surface area contributed by atoms with Crippen molar-refractivity contribution in [2.45, 2.75) is 9.79 Å². The van der Waals surface area contributed by atoms with E-state index in [0.29, 0.717) is 17.5 Å². The number of hydrogen-bond donors (Lipinski definition) is 0. The van der Waals surface area contributed by atoms with Crippen LogP contribution >= 0.6 is 11.8 Å². The molecule has 6 heteroatoms. The second-order valence-corrected chi connectivity index (χ2v) is 14.3. The summed E-state index contributed by atoms with van der Waals surface area (Å²) < 4.78 is 13.0. The Bertz CT molecular complexity index is 3000. The lowest BCUT2D eigenvalue weighted by Gasteiger charge is -2.20. The van der Waals surface area contributed by atoms with Gasteiger partial charge in [0.25, 0.3) is 0 Å². The van der Waals surface area contributed by atoms with Gasteiger partial charge >= 0.3 is 0 Å². The highest BCUT2D eigenvalue weighted by molar-refractivity contribution is 7.99. The van der Waals surface area contributed by atoms with E-state index in [-0.39, 0.29) is 0 Å². The van der Waals surface area contributed by atoms with Gasteiger partial charge in [0, 0.05) is 33.0 Å². The van der Waals surface area contributed by atoms with E-state index in [1.807, 2.05) is 24.3 Å². The summed E-state index contributed by atoms with van der Waals surface area (Å²) in [4.78, 5) is 17.4. The van der Waals surface area contributed by atoms with Crippen molar-refractivity contribution in [2.75, 3.05) is 0 Å². The minimum Gasteiger partial charge on any atom is -0.455 e. The summed E-state index contributed by atoms with van der Waals surface area (Å²) >= 11 is 1.73. The number of benzene rings is 8. The summed E-state index contributed by atoms with van der Waals surface area (Å²) in [6, 6.07) is 56.4. The monoisotopic (exact) mass is 697 g/mol. The van der Waals surface area contributed by atoms with Crippen molar-refractivity contribution in [1.82, 2.24) is 15.0 Å². The maximum absolute atomic E-state index is 6.71. The molecule has 0 radical (unpaired) electrons. The van der Waals surface area contributed by atoms with Crippen LogP contribution in [0.15, 0.2) is 178 Å². The maximum atomic E-state index is 6.71. The van der Waals surface area contributed by atoms with Gasteiger partial charge in [0.2, 0.25) is 0 Å². The van der Waals surface area contributed by atoms with Crippen LogP contribution < -0.4 is 4.74 Å². The molecule has 8 aromatic carbocycles. The highest BCUT2D eigenvalue weighted by atomic mass is 32.2. The van der Waals surface area contributed by atoms with Crippen LogP contribution in [-0.2, 0) is 0 Å². The van der Waals surface area contributed by atoms with Crippen molar-refractivity contribution in [3.05, 3.63) is 164 Å². The summed E-state index contributed by atoms with van der Waals surface area (Å²) in [5.74, 6) is 3.54. The molecule has 2 aromatic heterocycles. The molecule has 0 saturated heterocycles. The molecule has 11 rings (SSSR count). The number of fused-ring (bicyclic) bond motifs is 7. The zero-order chi connectivity index (χ0) is 34.9. The Morgan fingerprint density at radius 3 is 1.70 bits per heavy atom. The second-order valence-electron chi connectivity index (χ2n) is 13.2. The molecule has 248 valence electrons. The number of furan rings is 1. The SMILES string of the molecule is c1ccc2c(c1)Oc1cc(-c3cccc4c3oc3cc(-c5nc(-c6ccc7ccccc7c6)nc(-c6ccc7ccccc7c6)n5)ccc34)ccc1S2. The van der Waals surface area contributed by atoms with Crippen molar-refractivity contribution in [3.63, 3.8) is 0 Å². The van der Waals surface area contributed by atoms with Crippen molar-refractivity contribution in [3.8, 4) is 56.8 Å². The van der Waals surface area contributed by atoms with Crippen molar-refractivity contribution >= 4 is 55.2 Å². The number of para-hydroxylation sites is 2. The largest absolute Gasteiger partial charge is 0.455 e. The first-order valence-corrected chi connectivity index (χ1v) is 18.3. The van der Waals surface area contributed by atoms with Gasteiger partial charge in [-0.15, -0.1) is 0 Å². The third-order valence-corrected chi connectivity index (χ3v) is 11.1. The van der Waals surface area contributed by atoms with Crippen LogP contribution in [0, 0.1) is 0 Å². The highest BCUT2D eigenvalue weighted by Gasteiger charge is 2.20. The van der Waals surface area contributed by atoms with Gasteiger partial charge in [0.05, 0.1) is 9.79 Å². The van der Waals surface area contributed by atoms with Gasteiger partial charge in [-0.05, 0) is 75.6 Å². The first kappa shape index (κ1) is 29.9. The number of nitrogens with zero attached hydrogens (tertiary/aromatic N) is 3. The third kappa shape index (κ3) is 5.14. The topological polar surface area (TPSA) is 61.0 Å². The van der Waals surface area contributed by atoms with Gasteiger partial charge in [-0.3, -0.25) is 0 Å². The summed E-state index contributed by atoms with van der Waals surface area (Å²) in [6.45, 7) is 0. The van der Waals surface area contributed by atoms with Crippen LogP contribution in [0.1, 0.15) is 0 Å². The predicted octanol–water partition coefficient (Wildman–Crippen LogP) is 13.0. The van der Waals surface area contributed by atoms with Crippen LogP contribution in [0.4, 0.5) is 0 Å². The van der Waals surface area contributed by atoms with E-state index in [9.17, 15) is 0 Å². The molecule has 0 saturated carbocycles. The van der Waals surface area contributed by atoms with Crippen LogP contribution in [0.5, 0.6) is 11.5 Å². The van der Waals surface area contributed by atoms with Gasteiger partial charge in [-0.2, -0.15) is 0 Å². The molecule has 0 amide bonds. The molecule has 5 nitrogen and oxygen atoms in total. The molecule has 10 aromatic rings. The fourth-order valence-corrected chi connectivity index (χ4v) is 8.21. The number of aromatic nitrogens is 3. The number of hydrogen-bond acceptors (Lipinski definition) is 6. The first-order valence-electron chi connectivity index (χ1n) is 17.5. The van der Waals surface area contributed by atoms with Gasteiger partial charge in [0.15, 0.2) is 17.5 Å². The van der Waals surface area contributed by atoms with Crippen LogP contribution in [0.25, 0.3) is 88.8 Å². The zero-order valence-electron chi connectivity index (χ0n) is 28.2. The highest BCUT2D eigenvalue weighted by Crippen LogP contribution is 2.48. The number of rotatable bonds is 4. The molecule has 1 aliphatic heterocycles. The zero-order valence-corrected chi connectivity index (χ0v) is 29.0. The van der Waals surface area contributed by atoms with Crippen molar-refractivity contribution < 1.29 is 9.15 Å². The molecule has 0 fully saturated rings. The third-order valence-electron chi connectivity index (χ3n) is 9.95. The van der Waals surface area contributed by atoms with Crippen molar-refractivity contribution in [2.24, 2.45) is 0 Å². The van der Waals surface area contributed by atoms with E-state index < -0.39 is 0 Å². The Hall–Kier alpha value is -6.76. The molecule has 0 aliphatic carbocycles. The van der Waals surface area contributed by atoms with E-state index in [2.05, 4.69) is 140 Å². The molecule has 3 heterocycles. The van der Waals surface area contributed by atoms with E-state index in [1.165, 1.54) is 10.8 Å². The summed E-state index contributed by atoms with van der Waals surface area (Å²) in [6.07, 6.45) is 0. The fourth-order valence-electron chi connectivity index (χ4n) is 7.28. The summed E-state index contributed by atoms with van der Waals surface area (Å²) in [7, 11) is 0. The summed E-state index contributed by atoms with van der Waals surface area (Å²) in [5, 5.41) is 6.68. The average molecular weight is 698 g/mol. The predicted molar refractivity (Wildman–Crippen MR) is 214 cm³/mol. The van der Waals surface area contributed by atoms with E-state index in [0.717, 1.165) is 81.8 Å². The lowest BCUT2D eigenvalue weighted by atomic mass is 10.0. The lowest BCUT2D eigenvalue weighted by molar-refractivity contribution is 0.455. The minimum atomic E-state index is 0.582. The smallest absolute Gasteiger partial charge is 0.164 e. The standard InChI is InChI=1S/C47H27N3O2S/c1-3-10-30-24-33(18-16-28(30)8-1)45-48-46(34-19-17-29-9-2-4-11-31(29)25-34)50-47(49-45)35-20-22-37-38-13-7-12-36(44(38)52-40(37)27-35)32-21-23-43-41(26-32)51-39-14-5-6-15-42(39)53-43/h1-27H. The first-order chi connectivity index (χ1) is 26.2. The van der Waals surface area contributed by atoms with E-state index in [1.54, 1.807) is 11.8 Å². The Labute approximate surface area is 308 Å². The van der Waals surface area contributed by atoms with Gasteiger partial charge in [-0.25, -0.2) is 15.0 Å². The Kier molecular flexibility index (Phi) is 6.72. The fraction of sp³-hybridized carbons (Fsp3) is 0. The molecule has 1 aliphatic rings. The van der Waals surface area contributed by atoms with Gasteiger partial charge in [-0.1, -0.05) is 127 Å². The Balaban J connectivity index is 1.04. The quantitative estimate of drug-likeness (QED) is 0.182. The molecular formula is C47H27N3O2S. The Morgan fingerprint density at radius 2 is 0.981 bits per heavy atom. The molecular weight excluding hydrogens is 671 g/mol. The molecule has 0 atom stereocenters. The van der Waals surface area contributed by atoms with Crippen molar-refractivity contribution in [1.29, 1.82) is 0 Å². The average Bonchev–Trinajstić information content (AvgIpc) is 3.60. The van der Waals surface area contributed by atoms with Gasteiger partial charge < -0.3 is 9.15 Å². The molecule has 0 bridgehead atoms. The maximum Gasteiger partial charge on any atom is 0.164 e. The van der Waals surface area contributed by atoms with Crippen LogP contribution in [-0.4, -0.2) is 15.0 Å².